The van der Waals surface area contributed by atoms with Gasteiger partial charge >= 0.3 is 6.18 Å². The molecule has 1 aromatic heterocycles. The molecule has 1 aromatic carbocycles. The van der Waals surface area contributed by atoms with Crippen LogP contribution in [0.25, 0.3) is 0 Å². The molecule has 0 saturated carbocycles. The molecule has 0 amide bonds. The van der Waals surface area contributed by atoms with Gasteiger partial charge in [-0.3, -0.25) is 5.43 Å². The van der Waals surface area contributed by atoms with Crippen LogP contribution in [-0.2, 0) is 6.18 Å². The lowest BCUT2D eigenvalue weighted by Crippen LogP contribution is -2.20. The summed E-state index contributed by atoms with van der Waals surface area (Å²) in [4.78, 5) is 4.31. The van der Waals surface area contributed by atoms with Crippen molar-refractivity contribution in [2.45, 2.75) is 12.1 Å². The molecule has 3 rings (SSSR count). The number of thiocarbonyl (C=S) groups is 1. The third-order valence-corrected chi connectivity index (χ3v) is 3.94. The number of hydrogen-bond acceptors (Lipinski definition) is 3. The highest BCUT2D eigenvalue weighted by Gasteiger charge is 2.34. The summed E-state index contributed by atoms with van der Waals surface area (Å²) in [6.45, 7) is 0. The van der Waals surface area contributed by atoms with E-state index in [2.05, 4.69) is 15.5 Å². The molecule has 2 aromatic rings. The van der Waals surface area contributed by atoms with Crippen molar-refractivity contribution in [3.05, 3.63) is 64.4 Å². The van der Waals surface area contributed by atoms with E-state index < -0.39 is 17.7 Å². The topological polar surface area (TPSA) is 37.3 Å². The first-order chi connectivity index (χ1) is 10.9. The first kappa shape index (κ1) is 15.9. The number of aromatic nitrogens is 1. The highest BCUT2D eigenvalue weighted by molar-refractivity contribution is 7.80. The van der Waals surface area contributed by atoms with Gasteiger partial charge in [0.25, 0.3) is 0 Å². The third kappa shape index (κ3) is 3.20. The molecule has 23 heavy (non-hydrogen) atoms. The van der Waals surface area contributed by atoms with Gasteiger partial charge in [0.2, 0.25) is 0 Å². The molecule has 8 heteroatoms. The average molecular weight is 356 g/mol. The van der Waals surface area contributed by atoms with E-state index in [4.69, 9.17) is 23.8 Å². The Hall–Kier alpha value is -1.99. The second-order valence-electron chi connectivity index (χ2n) is 4.90. The van der Waals surface area contributed by atoms with Gasteiger partial charge in [0, 0.05) is 11.8 Å². The highest BCUT2D eigenvalue weighted by atomic mass is 35.5. The van der Waals surface area contributed by atoms with E-state index in [1.165, 1.54) is 12.3 Å². The maximum Gasteiger partial charge on any atom is 0.416 e. The van der Waals surface area contributed by atoms with Crippen molar-refractivity contribution in [1.29, 1.82) is 0 Å². The second-order valence-corrected chi connectivity index (χ2v) is 5.73. The number of pyridine rings is 1. The second kappa shape index (κ2) is 5.90. The molecular formula is C15H9ClF3N3S. The Morgan fingerprint density at radius 1 is 1.17 bits per heavy atom. The largest absolute Gasteiger partial charge is 0.416 e. The lowest BCUT2D eigenvalue weighted by Gasteiger charge is -2.15. The molecule has 0 aliphatic carbocycles. The zero-order valence-electron chi connectivity index (χ0n) is 11.4. The van der Waals surface area contributed by atoms with Crippen LogP contribution in [0.1, 0.15) is 22.6 Å². The zero-order valence-corrected chi connectivity index (χ0v) is 13.0. The predicted octanol–water partition coefficient (Wildman–Crippen LogP) is 4.17. The summed E-state index contributed by atoms with van der Waals surface area (Å²) in [5.74, 6) is -0.560. The van der Waals surface area contributed by atoms with Gasteiger partial charge in [-0.1, -0.05) is 42.0 Å². The summed E-state index contributed by atoms with van der Waals surface area (Å²) >= 11 is 11.0. The number of hydrazone groups is 1. The van der Waals surface area contributed by atoms with Crippen LogP contribution in [0.2, 0.25) is 5.15 Å². The van der Waals surface area contributed by atoms with Gasteiger partial charge in [-0.25, -0.2) is 4.98 Å². The number of halogens is 4. The summed E-state index contributed by atoms with van der Waals surface area (Å²) in [7, 11) is 0. The minimum atomic E-state index is -4.41. The van der Waals surface area contributed by atoms with Crippen LogP contribution in [0, 0.1) is 0 Å². The van der Waals surface area contributed by atoms with Crippen molar-refractivity contribution in [2.24, 2.45) is 5.10 Å². The van der Waals surface area contributed by atoms with Gasteiger partial charge < -0.3 is 0 Å². The van der Waals surface area contributed by atoms with Crippen molar-refractivity contribution in [3.8, 4) is 0 Å². The van der Waals surface area contributed by atoms with Crippen molar-refractivity contribution >= 4 is 34.5 Å². The van der Waals surface area contributed by atoms with Crippen LogP contribution < -0.4 is 5.43 Å². The number of nitrogens with zero attached hydrogens (tertiary/aromatic N) is 2. The molecule has 1 aliphatic heterocycles. The van der Waals surface area contributed by atoms with E-state index in [0.717, 1.165) is 12.1 Å². The molecule has 118 valence electrons. The minimum Gasteiger partial charge on any atom is -0.270 e. The van der Waals surface area contributed by atoms with Crippen LogP contribution in [0.15, 0.2) is 47.7 Å². The summed E-state index contributed by atoms with van der Waals surface area (Å²) in [6.07, 6.45) is -2.90. The van der Waals surface area contributed by atoms with E-state index >= 15 is 0 Å². The van der Waals surface area contributed by atoms with E-state index in [1.54, 1.807) is 18.2 Å². The molecule has 1 N–H and O–H groups in total. The van der Waals surface area contributed by atoms with Crippen molar-refractivity contribution in [2.75, 3.05) is 0 Å². The van der Waals surface area contributed by atoms with Crippen LogP contribution in [0.3, 0.4) is 0 Å². The van der Waals surface area contributed by atoms with Gasteiger partial charge in [-0.2, -0.15) is 18.3 Å². The van der Waals surface area contributed by atoms with Gasteiger partial charge in [0.05, 0.1) is 17.2 Å². The Balaban J connectivity index is 2.02. The maximum absolute atomic E-state index is 12.9. The van der Waals surface area contributed by atoms with E-state index in [9.17, 15) is 13.2 Å². The quantitative estimate of drug-likeness (QED) is 0.649. The fraction of sp³-hybridized carbons (Fsp3) is 0.133. The van der Waals surface area contributed by atoms with E-state index in [0.29, 0.717) is 27.0 Å². The lowest BCUT2D eigenvalue weighted by atomic mass is 9.90. The van der Waals surface area contributed by atoms with Crippen molar-refractivity contribution < 1.29 is 13.2 Å². The monoisotopic (exact) mass is 355 g/mol. The van der Waals surface area contributed by atoms with E-state index in [-0.39, 0.29) is 0 Å². The first-order valence-electron chi connectivity index (χ1n) is 6.53. The SMILES string of the molecule is FC(F)(F)c1cccc([C@H]2C(=S)NN=C2c2ccc(Cl)nc2)c1. The maximum atomic E-state index is 12.9. The average Bonchev–Trinajstić information content (AvgIpc) is 2.89. The summed E-state index contributed by atoms with van der Waals surface area (Å²) in [5, 5.41) is 4.45. The Bertz CT molecular complexity index is 787. The van der Waals surface area contributed by atoms with Crippen LogP contribution in [0.5, 0.6) is 0 Å². The van der Waals surface area contributed by atoms with Crippen molar-refractivity contribution in [1.82, 2.24) is 10.4 Å². The molecule has 0 saturated heterocycles. The summed E-state index contributed by atoms with van der Waals surface area (Å²) < 4.78 is 38.7. The molecular weight excluding hydrogens is 347 g/mol. The van der Waals surface area contributed by atoms with Gasteiger partial charge in [-0.15, -0.1) is 0 Å². The van der Waals surface area contributed by atoms with Crippen LogP contribution >= 0.6 is 23.8 Å². The number of nitrogens with one attached hydrogen (secondary N) is 1. The Kier molecular flexibility index (Phi) is 4.08. The fourth-order valence-electron chi connectivity index (χ4n) is 2.33. The Labute approximate surface area is 140 Å². The number of hydrogen-bond donors (Lipinski definition) is 1. The number of benzene rings is 1. The van der Waals surface area contributed by atoms with Crippen LogP contribution in [-0.4, -0.2) is 15.7 Å². The normalized spacial score (nSPS) is 17.8. The third-order valence-electron chi connectivity index (χ3n) is 3.39. The molecule has 0 spiro atoms. The van der Waals surface area contributed by atoms with Crippen LogP contribution in [0.4, 0.5) is 13.2 Å². The summed E-state index contributed by atoms with van der Waals surface area (Å²) in [5.41, 5.74) is 3.52. The minimum absolute atomic E-state index is 0.318. The lowest BCUT2D eigenvalue weighted by molar-refractivity contribution is -0.137. The van der Waals surface area contributed by atoms with E-state index in [1.807, 2.05) is 0 Å². The predicted molar refractivity (Wildman–Crippen MR) is 85.7 cm³/mol. The van der Waals surface area contributed by atoms with Gasteiger partial charge in [0.15, 0.2) is 0 Å². The molecule has 0 fully saturated rings. The molecule has 2 heterocycles. The molecule has 0 radical (unpaired) electrons. The number of rotatable bonds is 2. The van der Waals surface area contributed by atoms with Crippen molar-refractivity contribution in [3.63, 3.8) is 0 Å². The smallest absolute Gasteiger partial charge is 0.270 e. The molecule has 1 atom stereocenters. The molecule has 0 bridgehead atoms. The van der Waals surface area contributed by atoms with Gasteiger partial charge in [-0.05, 0) is 23.8 Å². The highest BCUT2D eigenvalue weighted by Crippen LogP contribution is 2.33. The fourth-order valence-corrected chi connectivity index (χ4v) is 2.74. The first-order valence-corrected chi connectivity index (χ1v) is 7.31. The Morgan fingerprint density at radius 3 is 2.61 bits per heavy atom. The molecule has 1 aliphatic rings. The zero-order chi connectivity index (χ0) is 16.6. The summed E-state index contributed by atoms with van der Waals surface area (Å²) in [6, 6.07) is 8.35. The standard InChI is InChI=1S/C15H9ClF3N3S/c16-11-5-4-9(7-20-11)13-12(14(23)22-21-13)8-2-1-3-10(6-8)15(17,18)19/h1-7,12H,(H,22,23)/t12-/m1/s1. The molecule has 0 unspecified atom stereocenters. The molecule has 3 nitrogen and oxygen atoms in total. The Morgan fingerprint density at radius 2 is 1.96 bits per heavy atom. The van der Waals surface area contributed by atoms with Gasteiger partial charge in [0.1, 0.15) is 10.1 Å². The number of alkyl halides is 3.